The third-order valence-electron chi connectivity index (χ3n) is 5.42. The molecule has 4 rings (SSSR count). The molecule has 29 heavy (non-hydrogen) atoms. The Kier molecular flexibility index (Phi) is 4.49. The van der Waals surface area contributed by atoms with Crippen LogP contribution < -0.4 is 15.0 Å². The van der Waals surface area contributed by atoms with Gasteiger partial charge in [0.25, 0.3) is 5.56 Å². The highest BCUT2D eigenvalue weighted by atomic mass is 19.4. The summed E-state index contributed by atoms with van der Waals surface area (Å²) in [5.74, 6) is 0.854. The van der Waals surface area contributed by atoms with Gasteiger partial charge >= 0.3 is 6.18 Å². The van der Waals surface area contributed by atoms with Crippen LogP contribution in [0.1, 0.15) is 32.3 Å². The van der Waals surface area contributed by atoms with Crippen molar-refractivity contribution in [3.63, 3.8) is 0 Å². The van der Waals surface area contributed by atoms with E-state index in [4.69, 9.17) is 9.47 Å². The van der Waals surface area contributed by atoms with Crippen LogP contribution >= 0.6 is 0 Å². The molecule has 1 aliphatic rings. The van der Waals surface area contributed by atoms with E-state index in [1.54, 1.807) is 16.7 Å². The molecule has 5 nitrogen and oxygen atoms in total. The Morgan fingerprint density at radius 1 is 1.07 bits per heavy atom. The molecule has 0 spiro atoms. The first kappa shape index (κ1) is 19.6. The zero-order valence-electron chi connectivity index (χ0n) is 16.0. The molecule has 0 amide bonds. The van der Waals surface area contributed by atoms with Crippen LogP contribution in [-0.4, -0.2) is 22.6 Å². The maximum absolute atomic E-state index is 13.4. The first-order chi connectivity index (χ1) is 13.6. The van der Waals surface area contributed by atoms with Crippen molar-refractivity contribution in [2.45, 2.75) is 45.0 Å². The van der Waals surface area contributed by atoms with E-state index < -0.39 is 11.8 Å². The molecule has 2 heterocycles. The lowest BCUT2D eigenvalue weighted by molar-refractivity contribution is -0.258. The summed E-state index contributed by atoms with van der Waals surface area (Å²) in [5, 5.41) is 11.4. The molecule has 1 atom stereocenters. The van der Waals surface area contributed by atoms with E-state index in [1.165, 1.54) is 18.2 Å². The molecule has 0 aliphatic carbocycles. The minimum absolute atomic E-state index is 0.0155. The molecule has 3 aromatic rings. The average molecular weight is 407 g/mol. The number of ether oxygens (including phenoxy) is 2. The minimum Gasteiger partial charge on any atom is -0.454 e. The molecule has 1 N–H and O–H groups in total. The first-order valence-electron chi connectivity index (χ1n) is 9.34. The van der Waals surface area contributed by atoms with Gasteiger partial charge in [-0.25, -0.2) is 0 Å². The number of pyridine rings is 1. The highest BCUT2D eigenvalue weighted by Crippen LogP contribution is 2.41. The summed E-state index contributed by atoms with van der Waals surface area (Å²) in [4.78, 5) is 13.1. The van der Waals surface area contributed by atoms with Crippen molar-refractivity contribution in [3.05, 3.63) is 46.2 Å². The predicted molar refractivity (Wildman–Crippen MR) is 102 cm³/mol. The Hall–Kier alpha value is -2.74. The van der Waals surface area contributed by atoms with Gasteiger partial charge in [-0.05, 0) is 43.2 Å². The number of halogens is 3. The van der Waals surface area contributed by atoms with Crippen molar-refractivity contribution in [2.24, 2.45) is 0 Å². The summed E-state index contributed by atoms with van der Waals surface area (Å²) >= 11 is 0. The van der Waals surface area contributed by atoms with Gasteiger partial charge in [-0.15, -0.1) is 0 Å². The molecule has 0 saturated heterocycles. The molecule has 1 aliphatic heterocycles. The second kappa shape index (κ2) is 6.66. The van der Waals surface area contributed by atoms with Crippen LogP contribution in [0.2, 0.25) is 0 Å². The molecular formula is C21H20F3NO4. The number of aliphatic hydroxyl groups is 1. The Balaban J connectivity index is 2.08. The fourth-order valence-corrected chi connectivity index (χ4v) is 3.59. The highest BCUT2D eigenvalue weighted by molar-refractivity contribution is 6.07. The van der Waals surface area contributed by atoms with Crippen molar-refractivity contribution in [1.82, 2.24) is 4.57 Å². The van der Waals surface area contributed by atoms with E-state index in [2.05, 4.69) is 0 Å². The number of benzene rings is 2. The normalized spacial score (nSPS) is 15.8. The molecule has 1 aromatic heterocycles. The molecule has 8 heteroatoms. The number of fused-ring (bicyclic) bond motifs is 4. The van der Waals surface area contributed by atoms with E-state index in [9.17, 15) is 23.1 Å². The number of unbranched alkanes of at least 4 members (excludes halogenated alkanes) is 1. The fraction of sp³-hybridized carbons (Fsp3) is 0.381. The number of alkyl halides is 3. The topological polar surface area (TPSA) is 60.7 Å². The third kappa shape index (κ3) is 3.02. The monoisotopic (exact) mass is 407 g/mol. The van der Waals surface area contributed by atoms with E-state index in [-0.39, 0.29) is 17.9 Å². The number of aromatic nitrogens is 1. The number of hydrogen-bond acceptors (Lipinski definition) is 4. The predicted octanol–water partition coefficient (Wildman–Crippen LogP) is 4.45. The number of rotatable bonds is 4. The van der Waals surface area contributed by atoms with Crippen LogP contribution in [-0.2, 0) is 12.1 Å². The van der Waals surface area contributed by atoms with Crippen LogP contribution in [0, 0.1) is 0 Å². The Morgan fingerprint density at radius 3 is 2.34 bits per heavy atom. The largest absolute Gasteiger partial charge is 0.454 e. The van der Waals surface area contributed by atoms with Crippen molar-refractivity contribution in [3.8, 4) is 11.5 Å². The smallest absolute Gasteiger partial charge is 0.421 e. The van der Waals surface area contributed by atoms with Gasteiger partial charge in [-0.3, -0.25) is 4.79 Å². The summed E-state index contributed by atoms with van der Waals surface area (Å²) in [6.45, 7) is 3.16. The van der Waals surface area contributed by atoms with Crippen LogP contribution in [0.4, 0.5) is 13.2 Å². The van der Waals surface area contributed by atoms with Gasteiger partial charge in [0.15, 0.2) is 17.1 Å². The van der Waals surface area contributed by atoms with Gasteiger partial charge in [0.2, 0.25) is 6.79 Å². The van der Waals surface area contributed by atoms with Crippen molar-refractivity contribution in [1.29, 1.82) is 0 Å². The summed E-state index contributed by atoms with van der Waals surface area (Å²) in [6.07, 6.45) is -3.24. The third-order valence-corrected chi connectivity index (χ3v) is 5.42. The molecule has 0 fully saturated rings. The van der Waals surface area contributed by atoms with Gasteiger partial charge in [0.05, 0.1) is 10.9 Å². The molecular weight excluding hydrogens is 387 g/mol. The van der Waals surface area contributed by atoms with Crippen LogP contribution in [0.15, 0.2) is 35.1 Å². The average Bonchev–Trinajstić information content (AvgIpc) is 3.13. The Morgan fingerprint density at radius 2 is 1.72 bits per heavy atom. The van der Waals surface area contributed by atoms with E-state index in [0.29, 0.717) is 39.7 Å². The standard InChI is InChI=1S/C21H20F3NO4/c1-3-4-7-25-16-6-5-12(20(2,27)21(22,23)24)8-14(16)13-9-17-18(29-11-28-17)10-15(13)19(25)26/h5-6,8-10,27H,3-4,7,11H2,1-2H3. The number of hydrogen-bond donors (Lipinski definition) is 1. The van der Waals surface area contributed by atoms with Crippen molar-refractivity contribution < 1.29 is 27.8 Å². The minimum atomic E-state index is -4.84. The van der Waals surface area contributed by atoms with E-state index >= 15 is 0 Å². The Labute approximate surface area is 164 Å². The van der Waals surface area contributed by atoms with Gasteiger partial charge in [0, 0.05) is 17.3 Å². The first-order valence-corrected chi connectivity index (χ1v) is 9.34. The summed E-state index contributed by atoms with van der Waals surface area (Å²) in [6, 6.07) is 7.16. The Bertz CT molecular complexity index is 1160. The maximum atomic E-state index is 13.4. The van der Waals surface area contributed by atoms with E-state index in [0.717, 1.165) is 19.8 Å². The molecule has 0 bridgehead atoms. The van der Waals surface area contributed by atoms with Crippen LogP contribution in [0.25, 0.3) is 21.7 Å². The molecule has 0 radical (unpaired) electrons. The fourth-order valence-electron chi connectivity index (χ4n) is 3.59. The summed E-state index contributed by atoms with van der Waals surface area (Å²) < 4.78 is 52.4. The maximum Gasteiger partial charge on any atom is 0.421 e. The lowest BCUT2D eigenvalue weighted by Crippen LogP contribution is -2.39. The summed E-state index contributed by atoms with van der Waals surface area (Å²) in [5.41, 5.74) is -3.04. The molecule has 2 aromatic carbocycles. The van der Waals surface area contributed by atoms with Gasteiger partial charge in [0.1, 0.15) is 0 Å². The van der Waals surface area contributed by atoms with Crippen LogP contribution in [0.3, 0.4) is 0 Å². The quantitative estimate of drug-likeness (QED) is 0.649. The zero-order chi connectivity index (χ0) is 21.0. The van der Waals surface area contributed by atoms with Crippen molar-refractivity contribution >= 4 is 21.7 Å². The molecule has 1 unspecified atom stereocenters. The van der Waals surface area contributed by atoms with E-state index in [1.807, 2.05) is 6.92 Å². The van der Waals surface area contributed by atoms with Gasteiger partial charge < -0.3 is 19.1 Å². The highest BCUT2D eigenvalue weighted by Gasteiger charge is 2.51. The molecule has 0 saturated carbocycles. The lowest BCUT2D eigenvalue weighted by Gasteiger charge is -2.27. The summed E-state index contributed by atoms with van der Waals surface area (Å²) in [7, 11) is 0. The second-order valence-electron chi connectivity index (χ2n) is 7.36. The van der Waals surface area contributed by atoms with Gasteiger partial charge in [-0.2, -0.15) is 13.2 Å². The molecule has 154 valence electrons. The van der Waals surface area contributed by atoms with Crippen molar-refractivity contribution in [2.75, 3.05) is 6.79 Å². The lowest BCUT2D eigenvalue weighted by atomic mass is 9.92. The number of aryl methyl sites for hydroxylation is 1. The zero-order valence-corrected chi connectivity index (χ0v) is 16.0. The van der Waals surface area contributed by atoms with Gasteiger partial charge in [-0.1, -0.05) is 19.4 Å². The van der Waals surface area contributed by atoms with Crippen LogP contribution in [0.5, 0.6) is 11.5 Å². The number of nitrogens with zero attached hydrogens (tertiary/aromatic N) is 1. The SMILES string of the molecule is CCCCn1c(=O)c2cc3c(cc2c2cc(C(C)(O)C(F)(F)F)ccc21)OCO3. The second-order valence-corrected chi connectivity index (χ2v) is 7.36.